The number of benzene rings is 2. The maximum atomic E-state index is 14.0. The minimum atomic E-state index is -1.01. The number of hydrogen-bond donors (Lipinski definition) is 1. The zero-order chi connectivity index (χ0) is 32.2. The Labute approximate surface area is 255 Å². The van der Waals surface area contributed by atoms with Gasteiger partial charge in [0.2, 0.25) is 0 Å². The summed E-state index contributed by atoms with van der Waals surface area (Å²) in [7, 11) is 1.58. The molecule has 0 bridgehead atoms. The molecular weight excluding hydrogens is 570 g/mol. The summed E-state index contributed by atoms with van der Waals surface area (Å²) in [4.78, 5) is 39.8. The van der Waals surface area contributed by atoms with Gasteiger partial charge >= 0.3 is 12.0 Å². The second-order valence-electron chi connectivity index (χ2n) is 12.3. The standard InChI is InChI=1S/C33H36F2N4O5/c1-32(2,3)44-29(40)12-14-33(4,5)13-11-21-7-10-28-27(16-21)38(6)30(41)26(20-43-28)37-31(42)39-19-22(18-36-39)15-23-8-9-24(34)17-25(23)35/h7-10,16-19,26H,12,14-15,20H2,1-6H3,(H,37,42)/t26-/m0/s1. The van der Waals surface area contributed by atoms with Crippen molar-refractivity contribution in [1.29, 1.82) is 0 Å². The van der Waals surface area contributed by atoms with E-state index in [2.05, 4.69) is 22.3 Å². The summed E-state index contributed by atoms with van der Waals surface area (Å²) in [6.45, 7) is 9.27. The number of amides is 2. The van der Waals surface area contributed by atoms with E-state index in [1.165, 1.54) is 23.4 Å². The number of esters is 1. The summed E-state index contributed by atoms with van der Waals surface area (Å²) < 4.78 is 39.5. The lowest BCUT2D eigenvalue weighted by Gasteiger charge is -2.22. The van der Waals surface area contributed by atoms with Crippen molar-refractivity contribution < 1.29 is 32.6 Å². The van der Waals surface area contributed by atoms with Crippen molar-refractivity contribution >= 4 is 23.6 Å². The predicted molar refractivity (Wildman–Crippen MR) is 160 cm³/mol. The number of anilines is 1. The zero-order valence-electron chi connectivity index (χ0n) is 25.7. The maximum absolute atomic E-state index is 14.0. The van der Waals surface area contributed by atoms with Gasteiger partial charge in [-0.15, -0.1) is 0 Å². The molecule has 2 amide bonds. The zero-order valence-corrected chi connectivity index (χ0v) is 25.7. The lowest BCUT2D eigenvalue weighted by molar-refractivity contribution is -0.155. The molecule has 0 saturated carbocycles. The molecule has 0 spiro atoms. The third-order valence-electron chi connectivity index (χ3n) is 6.83. The van der Waals surface area contributed by atoms with Crippen LogP contribution >= 0.6 is 0 Å². The van der Waals surface area contributed by atoms with E-state index >= 15 is 0 Å². The SMILES string of the molecule is CN1C(=O)[C@@H](NC(=O)n2cc(Cc3ccc(F)cc3F)cn2)COc2ccc(C#CC(C)(C)CCC(=O)OC(C)(C)C)cc21. The first kappa shape index (κ1) is 32.2. The van der Waals surface area contributed by atoms with Crippen molar-refractivity contribution in [1.82, 2.24) is 15.1 Å². The number of likely N-dealkylation sites (N-methyl/N-ethyl adjacent to an activating group) is 1. The molecule has 0 radical (unpaired) electrons. The molecule has 9 nitrogen and oxygen atoms in total. The molecule has 0 unspecified atom stereocenters. The van der Waals surface area contributed by atoms with Crippen molar-refractivity contribution in [3.05, 3.63) is 77.1 Å². The Bertz CT molecular complexity index is 1630. The summed E-state index contributed by atoms with van der Waals surface area (Å²) in [6, 6.07) is 6.85. The molecule has 1 aromatic heterocycles. The quantitative estimate of drug-likeness (QED) is 0.305. The third-order valence-corrected chi connectivity index (χ3v) is 6.83. The van der Waals surface area contributed by atoms with Gasteiger partial charge in [0.25, 0.3) is 5.91 Å². The fourth-order valence-electron chi connectivity index (χ4n) is 4.45. The summed E-state index contributed by atoms with van der Waals surface area (Å²) >= 11 is 0. The van der Waals surface area contributed by atoms with Gasteiger partial charge in [-0.3, -0.25) is 9.59 Å². The first-order valence-electron chi connectivity index (χ1n) is 14.2. The van der Waals surface area contributed by atoms with Crippen LogP contribution in [0.1, 0.15) is 64.2 Å². The minimum Gasteiger partial charge on any atom is -0.489 e. The predicted octanol–water partition coefficient (Wildman–Crippen LogP) is 5.23. The van der Waals surface area contributed by atoms with E-state index in [1.54, 1.807) is 25.2 Å². The van der Waals surface area contributed by atoms with Gasteiger partial charge in [-0.05, 0) is 76.4 Å². The van der Waals surface area contributed by atoms with Crippen molar-refractivity contribution in [2.24, 2.45) is 5.41 Å². The number of nitrogens with zero attached hydrogens (tertiary/aromatic N) is 3. The highest BCUT2D eigenvalue weighted by molar-refractivity contribution is 6.00. The second kappa shape index (κ2) is 12.9. The van der Waals surface area contributed by atoms with E-state index in [0.717, 1.165) is 16.8 Å². The first-order valence-corrected chi connectivity index (χ1v) is 14.2. The van der Waals surface area contributed by atoms with Gasteiger partial charge in [-0.1, -0.05) is 17.9 Å². The Balaban J connectivity index is 1.40. The molecule has 1 N–H and O–H groups in total. The van der Waals surface area contributed by atoms with Crippen LogP contribution in [0.15, 0.2) is 48.8 Å². The number of ether oxygens (including phenoxy) is 2. The molecule has 0 fully saturated rings. The summed E-state index contributed by atoms with van der Waals surface area (Å²) in [6.07, 6.45) is 3.68. The number of carbonyl (C=O) groups excluding carboxylic acids is 3. The van der Waals surface area contributed by atoms with Crippen LogP contribution in [0.4, 0.5) is 19.3 Å². The normalized spacial score (nSPS) is 15.0. The number of carbonyl (C=O) groups is 3. The lowest BCUT2D eigenvalue weighted by atomic mass is 9.88. The highest BCUT2D eigenvalue weighted by Gasteiger charge is 2.31. The van der Waals surface area contributed by atoms with Crippen LogP contribution in [-0.2, 0) is 20.7 Å². The van der Waals surface area contributed by atoms with Gasteiger partial charge in [0.1, 0.15) is 35.6 Å². The van der Waals surface area contributed by atoms with Gasteiger partial charge in [0.15, 0.2) is 0 Å². The third kappa shape index (κ3) is 8.43. The highest BCUT2D eigenvalue weighted by Crippen LogP contribution is 2.32. The van der Waals surface area contributed by atoms with E-state index in [-0.39, 0.29) is 31.0 Å². The van der Waals surface area contributed by atoms with Gasteiger partial charge in [-0.2, -0.15) is 9.78 Å². The van der Waals surface area contributed by atoms with Crippen LogP contribution in [0.2, 0.25) is 0 Å². The van der Waals surface area contributed by atoms with Crippen LogP contribution in [-0.4, -0.2) is 53.0 Å². The van der Waals surface area contributed by atoms with Crippen molar-refractivity contribution in [2.45, 2.75) is 65.5 Å². The number of rotatable bonds is 6. The maximum Gasteiger partial charge on any atom is 0.342 e. The summed E-state index contributed by atoms with van der Waals surface area (Å²) in [5.74, 6) is 4.75. The molecule has 4 rings (SSSR count). The highest BCUT2D eigenvalue weighted by atomic mass is 19.1. The van der Waals surface area contributed by atoms with Crippen LogP contribution in [0.25, 0.3) is 0 Å². The largest absolute Gasteiger partial charge is 0.489 e. The molecule has 44 heavy (non-hydrogen) atoms. The number of nitrogens with one attached hydrogen (secondary N) is 1. The Hall–Kier alpha value is -4.72. The van der Waals surface area contributed by atoms with E-state index in [4.69, 9.17) is 9.47 Å². The first-order chi connectivity index (χ1) is 20.6. The molecule has 0 aliphatic carbocycles. The Morgan fingerprint density at radius 2 is 1.89 bits per heavy atom. The molecule has 2 aromatic carbocycles. The number of halogens is 2. The molecule has 1 aliphatic heterocycles. The lowest BCUT2D eigenvalue weighted by Crippen LogP contribution is -2.50. The Morgan fingerprint density at radius 3 is 2.59 bits per heavy atom. The monoisotopic (exact) mass is 606 g/mol. The molecule has 0 saturated heterocycles. The number of aromatic nitrogens is 2. The molecule has 11 heteroatoms. The molecule has 3 aromatic rings. The van der Waals surface area contributed by atoms with Crippen LogP contribution in [0.5, 0.6) is 5.75 Å². The van der Waals surface area contributed by atoms with Gasteiger partial charge in [-0.25, -0.2) is 13.6 Å². The molecule has 2 heterocycles. The van der Waals surface area contributed by atoms with E-state index in [1.807, 2.05) is 34.6 Å². The van der Waals surface area contributed by atoms with Gasteiger partial charge in [0, 0.05) is 43.1 Å². The van der Waals surface area contributed by atoms with Gasteiger partial charge in [0.05, 0.1) is 11.9 Å². The molecule has 232 valence electrons. The van der Waals surface area contributed by atoms with Crippen molar-refractivity contribution in [2.75, 3.05) is 18.6 Å². The second-order valence-corrected chi connectivity index (χ2v) is 12.3. The molecule has 1 aliphatic rings. The van der Waals surface area contributed by atoms with Crippen molar-refractivity contribution in [3.63, 3.8) is 0 Å². The summed E-state index contributed by atoms with van der Waals surface area (Å²) in [5, 5.41) is 6.66. The summed E-state index contributed by atoms with van der Waals surface area (Å²) in [5.41, 5.74) is 0.927. The van der Waals surface area contributed by atoms with Crippen LogP contribution < -0.4 is 15.0 Å². The van der Waals surface area contributed by atoms with Crippen LogP contribution in [0, 0.1) is 28.9 Å². The fraction of sp³-hybridized carbons (Fsp3) is 0.394. The van der Waals surface area contributed by atoms with E-state index in [9.17, 15) is 23.2 Å². The Kier molecular flexibility index (Phi) is 9.42. The van der Waals surface area contributed by atoms with Crippen LogP contribution in [0.3, 0.4) is 0 Å². The molecular formula is C33H36F2N4O5. The van der Waals surface area contributed by atoms with Crippen molar-refractivity contribution in [3.8, 4) is 17.6 Å². The van der Waals surface area contributed by atoms with E-state index in [0.29, 0.717) is 29.0 Å². The van der Waals surface area contributed by atoms with Gasteiger partial charge < -0.3 is 19.7 Å². The number of fused-ring (bicyclic) bond motifs is 1. The number of hydrogen-bond acceptors (Lipinski definition) is 6. The minimum absolute atomic E-state index is 0.106. The topological polar surface area (TPSA) is 103 Å². The van der Waals surface area contributed by atoms with E-state index < -0.39 is 40.6 Å². The fourth-order valence-corrected chi connectivity index (χ4v) is 4.45. The Morgan fingerprint density at radius 1 is 1.14 bits per heavy atom. The average molecular weight is 607 g/mol. The molecule has 1 atom stereocenters. The smallest absolute Gasteiger partial charge is 0.342 e. The average Bonchev–Trinajstić information content (AvgIpc) is 3.38.